The molecule has 3 aromatic rings. The standard InChI is InChI=1S/C16H15N3O4/c20-15-9-12(10-23-13-4-2-1-3-5-13)18-19(15)14-8-11(16(21)22)6-7-17-14/h1-9,16,20-22H,10H2. The number of hydrogen-bond acceptors (Lipinski definition) is 6. The largest absolute Gasteiger partial charge is 0.493 e. The van der Waals surface area contributed by atoms with Crippen LogP contribution in [0, 0.1) is 0 Å². The number of aliphatic hydroxyl groups is 2. The fraction of sp³-hybridized carbons (Fsp3) is 0.125. The molecule has 0 amide bonds. The number of benzene rings is 1. The summed E-state index contributed by atoms with van der Waals surface area (Å²) < 4.78 is 6.77. The van der Waals surface area contributed by atoms with E-state index in [1.165, 1.54) is 29.1 Å². The van der Waals surface area contributed by atoms with E-state index in [9.17, 15) is 15.3 Å². The Balaban J connectivity index is 1.79. The molecule has 0 fully saturated rings. The molecule has 3 rings (SSSR count). The average molecular weight is 313 g/mol. The monoisotopic (exact) mass is 313 g/mol. The maximum absolute atomic E-state index is 9.99. The number of aliphatic hydroxyl groups excluding tert-OH is 1. The molecule has 0 aliphatic rings. The summed E-state index contributed by atoms with van der Waals surface area (Å²) in [6.07, 6.45) is -0.207. The van der Waals surface area contributed by atoms with E-state index in [-0.39, 0.29) is 23.9 Å². The number of pyridine rings is 1. The third-order valence-electron chi connectivity index (χ3n) is 3.16. The molecule has 0 radical (unpaired) electrons. The first-order chi connectivity index (χ1) is 11.1. The van der Waals surface area contributed by atoms with Crippen molar-refractivity contribution in [2.45, 2.75) is 12.9 Å². The van der Waals surface area contributed by atoms with Crippen LogP contribution in [-0.2, 0) is 6.61 Å². The van der Waals surface area contributed by atoms with Gasteiger partial charge < -0.3 is 20.1 Å². The van der Waals surface area contributed by atoms with Gasteiger partial charge in [-0.3, -0.25) is 0 Å². The highest BCUT2D eigenvalue weighted by Gasteiger charge is 2.12. The number of hydrogen-bond donors (Lipinski definition) is 3. The van der Waals surface area contributed by atoms with E-state index in [2.05, 4.69) is 10.1 Å². The molecule has 2 heterocycles. The van der Waals surface area contributed by atoms with E-state index in [4.69, 9.17) is 4.74 Å². The van der Waals surface area contributed by atoms with Gasteiger partial charge in [0, 0.05) is 17.8 Å². The molecule has 7 nitrogen and oxygen atoms in total. The van der Waals surface area contributed by atoms with Crippen molar-refractivity contribution in [2.24, 2.45) is 0 Å². The number of nitrogens with zero attached hydrogens (tertiary/aromatic N) is 3. The van der Waals surface area contributed by atoms with Gasteiger partial charge in [0.15, 0.2) is 12.1 Å². The van der Waals surface area contributed by atoms with Gasteiger partial charge in [0.05, 0.1) is 0 Å². The second kappa shape index (κ2) is 6.47. The maximum atomic E-state index is 9.99. The van der Waals surface area contributed by atoms with Crippen LogP contribution in [0.15, 0.2) is 54.7 Å². The summed E-state index contributed by atoms with van der Waals surface area (Å²) in [7, 11) is 0. The van der Waals surface area contributed by atoms with Crippen molar-refractivity contribution in [3.05, 3.63) is 66.0 Å². The van der Waals surface area contributed by atoms with Crippen LogP contribution in [0.4, 0.5) is 0 Å². The molecular formula is C16H15N3O4. The zero-order chi connectivity index (χ0) is 16.2. The van der Waals surface area contributed by atoms with Gasteiger partial charge in [0.2, 0.25) is 5.88 Å². The summed E-state index contributed by atoms with van der Waals surface area (Å²) in [5.41, 5.74) is 0.773. The minimum atomic E-state index is -1.62. The molecule has 0 bridgehead atoms. The van der Waals surface area contributed by atoms with Crippen LogP contribution in [-0.4, -0.2) is 30.1 Å². The maximum Gasteiger partial charge on any atom is 0.215 e. The second-order valence-corrected chi connectivity index (χ2v) is 4.83. The first kappa shape index (κ1) is 15.0. The van der Waals surface area contributed by atoms with Crippen molar-refractivity contribution in [3.63, 3.8) is 0 Å². The molecule has 7 heteroatoms. The SMILES string of the molecule is Oc1cc(COc2ccccc2)nn1-c1cc(C(O)O)ccn1. The molecule has 0 saturated carbocycles. The van der Waals surface area contributed by atoms with Gasteiger partial charge in [-0.25, -0.2) is 4.98 Å². The molecule has 0 aliphatic heterocycles. The zero-order valence-electron chi connectivity index (χ0n) is 12.1. The van der Waals surface area contributed by atoms with Crippen LogP contribution in [0.3, 0.4) is 0 Å². The Bertz CT molecular complexity index is 787. The van der Waals surface area contributed by atoms with Gasteiger partial charge in [0.25, 0.3) is 0 Å². The first-order valence-electron chi connectivity index (χ1n) is 6.92. The number of aromatic hydroxyl groups is 1. The van der Waals surface area contributed by atoms with Gasteiger partial charge in [-0.1, -0.05) is 18.2 Å². The van der Waals surface area contributed by atoms with Crippen LogP contribution in [0.2, 0.25) is 0 Å². The van der Waals surface area contributed by atoms with E-state index in [0.29, 0.717) is 11.4 Å². The van der Waals surface area contributed by atoms with Crippen molar-refractivity contribution < 1.29 is 20.1 Å². The molecular weight excluding hydrogens is 298 g/mol. The Morgan fingerprint density at radius 2 is 1.87 bits per heavy atom. The molecule has 0 spiro atoms. The van der Waals surface area contributed by atoms with Crippen LogP contribution in [0.1, 0.15) is 17.5 Å². The molecule has 1 aromatic carbocycles. The van der Waals surface area contributed by atoms with Crippen molar-refractivity contribution in [1.29, 1.82) is 0 Å². The second-order valence-electron chi connectivity index (χ2n) is 4.83. The van der Waals surface area contributed by atoms with Crippen LogP contribution in [0.5, 0.6) is 11.6 Å². The molecule has 0 atom stereocenters. The summed E-state index contributed by atoms with van der Waals surface area (Å²) >= 11 is 0. The Kier molecular flexibility index (Phi) is 4.22. The summed E-state index contributed by atoms with van der Waals surface area (Å²) in [5, 5.41) is 32.6. The van der Waals surface area contributed by atoms with E-state index >= 15 is 0 Å². The lowest BCUT2D eigenvalue weighted by Crippen LogP contribution is -2.04. The van der Waals surface area contributed by atoms with Gasteiger partial charge in [-0.05, 0) is 24.3 Å². The quantitative estimate of drug-likeness (QED) is 0.618. The van der Waals surface area contributed by atoms with E-state index in [1.54, 1.807) is 0 Å². The van der Waals surface area contributed by atoms with E-state index in [0.717, 1.165) is 0 Å². The lowest BCUT2D eigenvalue weighted by atomic mass is 10.2. The molecule has 0 aliphatic carbocycles. The molecule has 0 saturated heterocycles. The molecule has 3 N–H and O–H groups in total. The lowest BCUT2D eigenvalue weighted by Gasteiger charge is -2.06. The smallest absolute Gasteiger partial charge is 0.215 e. The number of rotatable bonds is 5. The fourth-order valence-electron chi connectivity index (χ4n) is 2.04. The third kappa shape index (κ3) is 3.47. The highest BCUT2D eigenvalue weighted by atomic mass is 16.5. The summed E-state index contributed by atoms with van der Waals surface area (Å²) in [4.78, 5) is 4.06. The summed E-state index contributed by atoms with van der Waals surface area (Å²) in [6.45, 7) is 0.187. The van der Waals surface area contributed by atoms with Crippen LogP contribution < -0.4 is 4.74 Å². The highest BCUT2D eigenvalue weighted by molar-refractivity contribution is 5.32. The number of para-hydroxylation sites is 1. The lowest BCUT2D eigenvalue weighted by molar-refractivity contribution is -0.0425. The fourth-order valence-corrected chi connectivity index (χ4v) is 2.04. The van der Waals surface area contributed by atoms with E-state index < -0.39 is 6.29 Å². The predicted octanol–water partition coefficient (Wildman–Crippen LogP) is 1.54. The van der Waals surface area contributed by atoms with Gasteiger partial charge >= 0.3 is 0 Å². The molecule has 0 unspecified atom stereocenters. The van der Waals surface area contributed by atoms with E-state index in [1.807, 2.05) is 30.3 Å². The Morgan fingerprint density at radius 1 is 1.09 bits per heavy atom. The molecule has 118 valence electrons. The molecule has 2 aromatic heterocycles. The van der Waals surface area contributed by atoms with Gasteiger partial charge in [-0.2, -0.15) is 9.78 Å². The highest BCUT2D eigenvalue weighted by Crippen LogP contribution is 2.20. The summed E-state index contributed by atoms with van der Waals surface area (Å²) in [5.74, 6) is 0.859. The molecule has 23 heavy (non-hydrogen) atoms. The van der Waals surface area contributed by atoms with Gasteiger partial charge in [0.1, 0.15) is 18.1 Å². The first-order valence-corrected chi connectivity index (χ1v) is 6.92. The predicted molar refractivity (Wildman–Crippen MR) is 81.0 cm³/mol. The van der Waals surface area contributed by atoms with Gasteiger partial charge in [-0.15, -0.1) is 0 Å². The Morgan fingerprint density at radius 3 is 2.61 bits per heavy atom. The van der Waals surface area contributed by atoms with Crippen LogP contribution in [0.25, 0.3) is 5.82 Å². The Labute approximate surface area is 132 Å². The minimum Gasteiger partial charge on any atom is -0.493 e. The van der Waals surface area contributed by atoms with Crippen molar-refractivity contribution >= 4 is 0 Å². The minimum absolute atomic E-state index is 0.117. The van der Waals surface area contributed by atoms with Crippen molar-refractivity contribution in [3.8, 4) is 17.4 Å². The topological polar surface area (TPSA) is 101 Å². The number of aromatic nitrogens is 3. The zero-order valence-corrected chi connectivity index (χ0v) is 12.1. The van der Waals surface area contributed by atoms with Crippen LogP contribution >= 0.6 is 0 Å². The third-order valence-corrected chi connectivity index (χ3v) is 3.16. The summed E-state index contributed by atoms with van der Waals surface area (Å²) in [6, 6.07) is 13.6. The van der Waals surface area contributed by atoms with Crippen molar-refractivity contribution in [2.75, 3.05) is 0 Å². The Hall–Kier alpha value is -2.90. The normalized spacial score (nSPS) is 10.9. The average Bonchev–Trinajstić information content (AvgIpc) is 2.95. The number of ether oxygens (including phenoxy) is 1. The van der Waals surface area contributed by atoms with Crippen molar-refractivity contribution in [1.82, 2.24) is 14.8 Å².